The van der Waals surface area contributed by atoms with Crippen LogP contribution in [0.25, 0.3) is 33.1 Å². The summed E-state index contributed by atoms with van der Waals surface area (Å²) >= 11 is 0. The van der Waals surface area contributed by atoms with E-state index in [0.29, 0.717) is 0 Å². The molecule has 13 rings (SSSR count). The molecule has 0 bridgehead atoms. The highest BCUT2D eigenvalue weighted by Crippen LogP contribution is 2.63. The topological polar surface area (TPSA) is 22.9 Å². The molecule has 0 saturated heterocycles. The maximum absolute atomic E-state index is 7.12. The Hall–Kier alpha value is -6.98. The van der Waals surface area contributed by atoms with Crippen LogP contribution < -0.4 is 31.1 Å². The van der Waals surface area contributed by atoms with Crippen LogP contribution in [-0.4, -0.2) is 12.3 Å². The molecule has 8 aromatic carbocycles. The SMILES string of the molecule is CC(C)(C)c1ccc(N(c2ccc(C(C)(C)C)cc2)c2cc3c4c(c2)N2c5c(cc(C(C)(C)C)cc5C5(C)CCCCC25C)B4c2ccc4oc5ccc(C(C)(C)C)cc5c4c2N3c2ccc(C(C)(C)C)cc2-c2ccccc2)cc1. The molecule has 0 amide bonds. The van der Waals surface area contributed by atoms with Gasteiger partial charge in [-0.2, -0.15) is 0 Å². The van der Waals surface area contributed by atoms with E-state index < -0.39 is 0 Å². The van der Waals surface area contributed by atoms with E-state index in [-0.39, 0.29) is 44.7 Å². The lowest BCUT2D eigenvalue weighted by Gasteiger charge is -2.53. The molecule has 81 heavy (non-hydrogen) atoms. The molecule has 1 aromatic heterocycles. The summed E-state index contributed by atoms with van der Waals surface area (Å²) in [4.78, 5) is 8.18. The molecule has 4 aliphatic rings. The zero-order chi connectivity index (χ0) is 57.3. The van der Waals surface area contributed by atoms with Gasteiger partial charge >= 0.3 is 0 Å². The number of hydrogen-bond acceptors (Lipinski definition) is 4. The summed E-state index contributed by atoms with van der Waals surface area (Å²) in [6, 6.07) is 59.5. The first-order valence-electron chi connectivity index (χ1n) is 30.2. The largest absolute Gasteiger partial charge is 0.456 e. The van der Waals surface area contributed by atoms with Crippen LogP contribution >= 0.6 is 0 Å². The van der Waals surface area contributed by atoms with Crippen molar-refractivity contribution in [2.24, 2.45) is 0 Å². The Kier molecular flexibility index (Phi) is 11.7. The van der Waals surface area contributed by atoms with Gasteiger partial charge in [0.2, 0.25) is 0 Å². The minimum atomic E-state index is -0.188. The minimum Gasteiger partial charge on any atom is -0.456 e. The molecule has 1 fully saturated rings. The molecular formula is C76H84BN3O. The highest BCUT2D eigenvalue weighted by atomic mass is 16.3. The maximum atomic E-state index is 7.12. The molecule has 4 nitrogen and oxygen atoms in total. The van der Waals surface area contributed by atoms with Crippen LogP contribution in [0.5, 0.6) is 0 Å². The predicted molar refractivity (Wildman–Crippen MR) is 349 cm³/mol. The van der Waals surface area contributed by atoms with Crippen LogP contribution in [0.15, 0.2) is 156 Å². The zero-order valence-corrected chi connectivity index (χ0v) is 51.6. The van der Waals surface area contributed by atoms with Gasteiger partial charge in [0, 0.05) is 44.8 Å². The first-order chi connectivity index (χ1) is 38.1. The summed E-state index contributed by atoms with van der Waals surface area (Å²) in [6.45, 7) is 40.3. The fourth-order valence-electron chi connectivity index (χ4n) is 14.7. The van der Waals surface area contributed by atoms with E-state index in [1.807, 2.05) is 0 Å². The lowest BCUT2D eigenvalue weighted by molar-refractivity contribution is 0.195. The summed E-state index contributed by atoms with van der Waals surface area (Å²) in [7, 11) is 0. The van der Waals surface area contributed by atoms with Gasteiger partial charge in [0.15, 0.2) is 0 Å². The smallest absolute Gasteiger partial charge is 0.252 e. The van der Waals surface area contributed by atoms with E-state index >= 15 is 0 Å². The van der Waals surface area contributed by atoms with Gasteiger partial charge in [-0.1, -0.05) is 209 Å². The third kappa shape index (κ3) is 8.19. The van der Waals surface area contributed by atoms with Gasteiger partial charge in [0.25, 0.3) is 6.71 Å². The van der Waals surface area contributed by atoms with Crippen LogP contribution in [-0.2, 0) is 32.5 Å². The van der Waals surface area contributed by atoms with Crippen molar-refractivity contribution in [1.82, 2.24) is 0 Å². The van der Waals surface area contributed by atoms with Gasteiger partial charge in [-0.15, -0.1) is 0 Å². The average Bonchev–Trinajstić information content (AvgIpc) is 1.79. The quantitative estimate of drug-likeness (QED) is 0.160. The van der Waals surface area contributed by atoms with Gasteiger partial charge < -0.3 is 19.1 Å². The van der Waals surface area contributed by atoms with Gasteiger partial charge in [-0.25, -0.2) is 0 Å². The lowest BCUT2D eigenvalue weighted by atomic mass is 9.33. The third-order valence-corrected chi connectivity index (χ3v) is 19.8. The molecule has 2 unspecified atom stereocenters. The van der Waals surface area contributed by atoms with Gasteiger partial charge in [0.05, 0.1) is 28.0 Å². The molecule has 0 N–H and O–H groups in total. The third-order valence-electron chi connectivity index (χ3n) is 19.8. The van der Waals surface area contributed by atoms with Crippen molar-refractivity contribution in [1.29, 1.82) is 0 Å². The number of furan rings is 1. The van der Waals surface area contributed by atoms with Gasteiger partial charge in [-0.3, -0.25) is 0 Å². The van der Waals surface area contributed by atoms with Crippen LogP contribution in [0, 0.1) is 0 Å². The normalized spacial score (nSPS) is 18.8. The molecule has 0 radical (unpaired) electrons. The number of fused-ring (bicyclic) bond motifs is 11. The number of rotatable bonds is 5. The Morgan fingerprint density at radius 3 is 1.60 bits per heavy atom. The second-order valence-electron chi connectivity index (χ2n) is 30.2. The summed E-state index contributed by atoms with van der Waals surface area (Å²) in [6.07, 6.45) is 4.70. The Bertz CT molecular complexity index is 3940. The first kappa shape index (κ1) is 53.3. The standard InChI is InChI=1S/C76H84BN3O/c1-70(2,3)48-25-31-53(32-26-48)78(54-33-27-49(28-34-54)71(4,5)6)55-45-62-67-63(46-55)80-68-58(75(16)39-21-22-40-76(75,80)17)43-52(74(13,14)15)44-60(68)77(67)59-35-38-65-66(57-42-51(73(10,11)12)30-37-64(57)81-65)69(59)79(62)61-36-29-50(72(7,8)9)41-56(61)47-23-19-18-20-24-47/h18-20,23-38,41-46H,21-22,39-40H2,1-17H3. The van der Waals surface area contributed by atoms with E-state index in [1.54, 1.807) is 0 Å². The number of hydrogen-bond donors (Lipinski definition) is 0. The second kappa shape index (κ2) is 17.8. The molecule has 1 saturated carbocycles. The summed E-state index contributed by atoms with van der Waals surface area (Å²) in [5.74, 6) is 0. The van der Waals surface area contributed by atoms with Crippen molar-refractivity contribution in [3.63, 3.8) is 0 Å². The first-order valence-corrected chi connectivity index (χ1v) is 30.2. The lowest BCUT2D eigenvalue weighted by Crippen LogP contribution is -2.64. The van der Waals surface area contributed by atoms with Crippen molar-refractivity contribution < 1.29 is 4.42 Å². The van der Waals surface area contributed by atoms with Crippen LogP contribution in [0.2, 0.25) is 0 Å². The Morgan fingerprint density at radius 2 is 1.00 bits per heavy atom. The Labute approximate surface area is 484 Å². The number of nitrogens with zero attached hydrogens (tertiary/aromatic N) is 3. The Balaban J connectivity index is 1.23. The molecular weight excluding hydrogens is 982 g/mol. The second-order valence-corrected chi connectivity index (χ2v) is 30.2. The van der Waals surface area contributed by atoms with Crippen molar-refractivity contribution in [3.05, 3.63) is 185 Å². The summed E-state index contributed by atoms with van der Waals surface area (Å²) in [5, 5.41) is 2.32. The minimum absolute atomic E-state index is 0.00163. The fraction of sp³-hybridized carbons (Fsp3) is 0.368. The average molecular weight is 1070 g/mol. The van der Waals surface area contributed by atoms with Gasteiger partial charge in [0.1, 0.15) is 11.2 Å². The van der Waals surface area contributed by atoms with E-state index in [1.165, 1.54) is 96.5 Å². The molecule has 1 aliphatic carbocycles. The van der Waals surface area contributed by atoms with Crippen molar-refractivity contribution in [3.8, 4) is 11.1 Å². The monoisotopic (exact) mass is 1070 g/mol. The van der Waals surface area contributed by atoms with E-state index in [2.05, 4.69) is 284 Å². The molecule has 5 heteroatoms. The van der Waals surface area contributed by atoms with Gasteiger partial charge in [-0.05, 0) is 169 Å². The number of benzene rings is 8. The molecule has 3 aliphatic heterocycles. The van der Waals surface area contributed by atoms with E-state index in [0.717, 1.165) is 57.5 Å². The number of anilines is 8. The Morgan fingerprint density at radius 1 is 0.457 bits per heavy atom. The van der Waals surface area contributed by atoms with Crippen LogP contribution in [0.1, 0.15) is 177 Å². The highest BCUT2D eigenvalue weighted by Gasteiger charge is 2.62. The molecule has 0 spiro atoms. The maximum Gasteiger partial charge on any atom is 0.252 e. The van der Waals surface area contributed by atoms with E-state index in [9.17, 15) is 0 Å². The summed E-state index contributed by atoms with van der Waals surface area (Å²) in [5.41, 5.74) is 25.7. The highest BCUT2D eigenvalue weighted by molar-refractivity contribution is 7.00. The van der Waals surface area contributed by atoms with Crippen molar-refractivity contribution >= 4 is 90.5 Å². The van der Waals surface area contributed by atoms with Crippen molar-refractivity contribution in [2.75, 3.05) is 14.7 Å². The zero-order valence-electron chi connectivity index (χ0n) is 51.6. The fourth-order valence-corrected chi connectivity index (χ4v) is 14.7. The van der Waals surface area contributed by atoms with Crippen LogP contribution in [0.4, 0.5) is 45.5 Å². The molecule has 9 aromatic rings. The molecule has 412 valence electrons. The van der Waals surface area contributed by atoms with Crippen LogP contribution in [0.3, 0.4) is 0 Å². The molecule has 2 atom stereocenters. The molecule has 4 heterocycles. The van der Waals surface area contributed by atoms with Crippen molar-refractivity contribution in [2.45, 2.75) is 181 Å². The summed E-state index contributed by atoms with van der Waals surface area (Å²) < 4.78 is 7.12. The van der Waals surface area contributed by atoms with E-state index in [4.69, 9.17) is 4.42 Å². The predicted octanol–water partition coefficient (Wildman–Crippen LogP) is 19.6.